The summed E-state index contributed by atoms with van der Waals surface area (Å²) in [6, 6.07) is 4.19. The van der Waals surface area contributed by atoms with Gasteiger partial charge in [0.2, 0.25) is 0 Å². The van der Waals surface area contributed by atoms with E-state index in [1.165, 1.54) is 23.6 Å². The van der Waals surface area contributed by atoms with Gasteiger partial charge in [0.15, 0.2) is 11.5 Å². The van der Waals surface area contributed by atoms with Gasteiger partial charge in [0, 0.05) is 26.4 Å². The molecule has 1 aliphatic carbocycles. The van der Waals surface area contributed by atoms with E-state index in [0.717, 1.165) is 37.4 Å². The Morgan fingerprint density at radius 2 is 2.00 bits per heavy atom. The van der Waals surface area contributed by atoms with Crippen molar-refractivity contribution in [3.63, 3.8) is 0 Å². The predicted octanol–water partition coefficient (Wildman–Crippen LogP) is 2.59. The Morgan fingerprint density at radius 3 is 2.72 bits per heavy atom. The van der Waals surface area contributed by atoms with Crippen LogP contribution in [0.5, 0.6) is 11.5 Å². The SMILES string of the molecule is COc1cc2c(cc1OC)[C@]13C[C@H](OC(C)=O)C=CC1=CCN3CC2. The van der Waals surface area contributed by atoms with Crippen LogP contribution in [0.15, 0.2) is 35.9 Å². The summed E-state index contributed by atoms with van der Waals surface area (Å²) in [6.45, 7) is 3.36. The minimum absolute atomic E-state index is 0.214. The Labute approximate surface area is 147 Å². The molecule has 1 aromatic rings. The van der Waals surface area contributed by atoms with E-state index in [9.17, 15) is 4.79 Å². The molecule has 1 spiro atoms. The molecule has 4 rings (SSSR count). The number of esters is 1. The summed E-state index contributed by atoms with van der Waals surface area (Å²) in [5, 5.41) is 0. The van der Waals surface area contributed by atoms with E-state index >= 15 is 0 Å². The van der Waals surface area contributed by atoms with Crippen LogP contribution in [0.25, 0.3) is 0 Å². The van der Waals surface area contributed by atoms with Gasteiger partial charge in [-0.25, -0.2) is 0 Å². The van der Waals surface area contributed by atoms with Crippen LogP contribution in [0.2, 0.25) is 0 Å². The van der Waals surface area contributed by atoms with Crippen molar-refractivity contribution in [2.24, 2.45) is 0 Å². The van der Waals surface area contributed by atoms with E-state index in [0.29, 0.717) is 0 Å². The van der Waals surface area contributed by atoms with Crippen LogP contribution < -0.4 is 9.47 Å². The average Bonchev–Trinajstić information content (AvgIpc) is 2.98. The van der Waals surface area contributed by atoms with E-state index < -0.39 is 0 Å². The maximum Gasteiger partial charge on any atom is 0.303 e. The normalized spacial score (nSPS) is 27.0. The molecule has 2 aliphatic heterocycles. The minimum Gasteiger partial charge on any atom is -0.493 e. The van der Waals surface area contributed by atoms with Gasteiger partial charge in [-0.15, -0.1) is 0 Å². The van der Waals surface area contributed by atoms with Gasteiger partial charge in [-0.2, -0.15) is 0 Å². The third-order valence-electron chi connectivity index (χ3n) is 5.56. The number of carbonyl (C=O) groups is 1. The summed E-state index contributed by atoms with van der Waals surface area (Å²) in [7, 11) is 3.33. The molecule has 0 bridgehead atoms. The zero-order chi connectivity index (χ0) is 17.6. The summed E-state index contributed by atoms with van der Waals surface area (Å²) in [5.41, 5.74) is 3.55. The first kappa shape index (κ1) is 16.2. The second-order valence-electron chi connectivity index (χ2n) is 6.79. The van der Waals surface area contributed by atoms with E-state index in [1.54, 1.807) is 14.2 Å². The quantitative estimate of drug-likeness (QED) is 0.791. The lowest BCUT2D eigenvalue weighted by Crippen LogP contribution is -2.51. The summed E-state index contributed by atoms with van der Waals surface area (Å²) >= 11 is 0. The van der Waals surface area contributed by atoms with Crippen molar-refractivity contribution in [2.75, 3.05) is 27.3 Å². The molecule has 0 radical (unpaired) electrons. The highest BCUT2D eigenvalue weighted by atomic mass is 16.5. The van der Waals surface area contributed by atoms with Crippen LogP contribution >= 0.6 is 0 Å². The zero-order valence-electron chi connectivity index (χ0n) is 14.9. The van der Waals surface area contributed by atoms with Crippen molar-refractivity contribution in [2.45, 2.75) is 31.4 Å². The van der Waals surface area contributed by atoms with E-state index in [-0.39, 0.29) is 17.6 Å². The van der Waals surface area contributed by atoms with Gasteiger partial charge >= 0.3 is 5.97 Å². The molecule has 3 aliphatic rings. The van der Waals surface area contributed by atoms with Crippen molar-refractivity contribution >= 4 is 5.97 Å². The molecule has 0 unspecified atom stereocenters. The number of ether oxygens (including phenoxy) is 3. The van der Waals surface area contributed by atoms with E-state index in [2.05, 4.69) is 29.2 Å². The lowest BCUT2D eigenvalue weighted by atomic mass is 9.71. The smallest absolute Gasteiger partial charge is 0.303 e. The second kappa shape index (κ2) is 5.92. The van der Waals surface area contributed by atoms with Gasteiger partial charge in [0.1, 0.15) is 6.10 Å². The van der Waals surface area contributed by atoms with Gasteiger partial charge in [0.05, 0.1) is 19.8 Å². The van der Waals surface area contributed by atoms with Crippen LogP contribution in [0, 0.1) is 0 Å². The fraction of sp³-hybridized carbons (Fsp3) is 0.450. The van der Waals surface area contributed by atoms with Crippen molar-refractivity contribution in [1.82, 2.24) is 4.90 Å². The number of rotatable bonds is 3. The molecule has 2 atom stereocenters. The minimum atomic E-state index is -0.248. The molecule has 2 heterocycles. The van der Waals surface area contributed by atoms with Crippen molar-refractivity contribution in [3.8, 4) is 11.5 Å². The highest BCUT2D eigenvalue weighted by Crippen LogP contribution is 2.52. The Morgan fingerprint density at radius 1 is 1.24 bits per heavy atom. The first-order chi connectivity index (χ1) is 12.1. The van der Waals surface area contributed by atoms with Crippen molar-refractivity contribution in [1.29, 1.82) is 0 Å². The molecule has 0 fully saturated rings. The number of hydrogen-bond donors (Lipinski definition) is 0. The monoisotopic (exact) mass is 341 g/mol. The second-order valence-corrected chi connectivity index (χ2v) is 6.79. The fourth-order valence-corrected chi connectivity index (χ4v) is 4.52. The lowest BCUT2D eigenvalue weighted by molar-refractivity contribution is -0.145. The summed E-state index contributed by atoms with van der Waals surface area (Å²) in [4.78, 5) is 14.0. The Bertz CT molecular complexity index is 782. The van der Waals surface area contributed by atoms with Crippen LogP contribution in [0.1, 0.15) is 24.5 Å². The third kappa shape index (κ3) is 2.37. The van der Waals surface area contributed by atoms with Gasteiger partial charge in [-0.3, -0.25) is 9.69 Å². The Kier molecular flexibility index (Phi) is 3.84. The Hall–Kier alpha value is -2.27. The van der Waals surface area contributed by atoms with Crippen molar-refractivity contribution < 1.29 is 19.0 Å². The zero-order valence-corrected chi connectivity index (χ0v) is 14.9. The molecule has 0 saturated heterocycles. The molecule has 0 aromatic heterocycles. The molecule has 0 N–H and O–H groups in total. The highest BCUT2D eigenvalue weighted by Gasteiger charge is 2.50. The van der Waals surface area contributed by atoms with Crippen molar-refractivity contribution in [3.05, 3.63) is 47.1 Å². The average molecular weight is 341 g/mol. The molecule has 1 aromatic carbocycles. The summed E-state index contributed by atoms with van der Waals surface area (Å²) in [5.74, 6) is 1.26. The molecular formula is C20H23NO4. The number of hydrogen-bond acceptors (Lipinski definition) is 5. The molecule has 132 valence electrons. The van der Waals surface area contributed by atoms with Gasteiger partial charge < -0.3 is 14.2 Å². The van der Waals surface area contributed by atoms with Gasteiger partial charge in [-0.1, -0.05) is 12.2 Å². The van der Waals surface area contributed by atoms with Crippen LogP contribution in [0.3, 0.4) is 0 Å². The molecular weight excluding hydrogens is 318 g/mol. The number of methoxy groups -OCH3 is 2. The topological polar surface area (TPSA) is 48.0 Å². The molecule has 0 saturated carbocycles. The molecule has 25 heavy (non-hydrogen) atoms. The lowest BCUT2D eigenvalue weighted by Gasteiger charge is -2.48. The number of carbonyl (C=O) groups excluding carboxylic acids is 1. The summed E-state index contributed by atoms with van der Waals surface area (Å²) in [6.07, 6.45) is 7.89. The van der Waals surface area contributed by atoms with Gasteiger partial charge in [0.25, 0.3) is 0 Å². The first-order valence-electron chi connectivity index (χ1n) is 8.65. The van der Waals surface area contributed by atoms with Crippen LogP contribution in [-0.2, 0) is 21.5 Å². The standard InChI is InChI=1S/C20H23NO4/c1-13(22)25-16-5-4-15-7-9-21-8-6-14-10-18(23-2)19(24-3)11-17(14)20(15,21)12-16/h4-5,7,10-11,16H,6,8-9,12H2,1-3H3/t16-,20+/m1/s1. The van der Waals surface area contributed by atoms with Crippen LogP contribution in [0.4, 0.5) is 0 Å². The maximum atomic E-state index is 11.5. The molecule has 0 amide bonds. The number of nitrogens with zero attached hydrogens (tertiary/aromatic N) is 1. The number of benzene rings is 1. The summed E-state index contributed by atoms with van der Waals surface area (Å²) < 4.78 is 16.6. The number of fused-ring (bicyclic) bond motifs is 1. The highest BCUT2D eigenvalue weighted by molar-refractivity contribution is 5.66. The predicted molar refractivity (Wildman–Crippen MR) is 93.9 cm³/mol. The third-order valence-corrected chi connectivity index (χ3v) is 5.56. The van der Waals surface area contributed by atoms with E-state index in [1.807, 2.05) is 6.08 Å². The Balaban J connectivity index is 1.85. The first-order valence-corrected chi connectivity index (χ1v) is 8.65. The van der Waals surface area contributed by atoms with Gasteiger partial charge in [-0.05, 0) is 41.3 Å². The molecule has 5 heteroatoms. The maximum absolute atomic E-state index is 11.5. The largest absolute Gasteiger partial charge is 0.493 e. The van der Waals surface area contributed by atoms with Crippen LogP contribution in [-0.4, -0.2) is 44.3 Å². The molecule has 5 nitrogen and oxygen atoms in total. The fourth-order valence-electron chi connectivity index (χ4n) is 4.52. The van der Waals surface area contributed by atoms with E-state index in [4.69, 9.17) is 14.2 Å².